The normalized spacial score (nSPS) is 29.2. The van der Waals surface area contributed by atoms with Gasteiger partial charge in [0.15, 0.2) is 0 Å². The van der Waals surface area contributed by atoms with Crippen molar-refractivity contribution in [1.82, 2.24) is 4.90 Å². The first-order valence-electron chi connectivity index (χ1n) is 7.78. The van der Waals surface area contributed by atoms with E-state index in [1.807, 2.05) is 0 Å². The van der Waals surface area contributed by atoms with E-state index in [0.29, 0.717) is 12.0 Å². The molecule has 2 heteroatoms. The summed E-state index contributed by atoms with van der Waals surface area (Å²) in [5, 5.41) is 0. The number of nitrogens with zero attached hydrogens (tertiary/aromatic N) is 1. The quantitative estimate of drug-likeness (QED) is 0.901. The van der Waals surface area contributed by atoms with Crippen molar-refractivity contribution < 1.29 is 0 Å². The predicted molar refractivity (Wildman–Crippen MR) is 80.2 cm³/mol. The summed E-state index contributed by atoms with van der Waals surface area (Å²) in [6.45, 7) is 1.97. The summed E-state index contributed by atoms with van der Waals surface area (Å²) in [6, 6.07) is 9.94. The summed E-state index contributed by atoms with van der Waals surface area (Å²) < 4.78 is 0. The number of benzene rings is 1. The Hall–Kier alpha value is -0.860. The predicted octanol–water partition coefficient (Wildman–Crippen LogP) is 3.30. The van der Waals surface area contributed by atoms with E-state index in [2.05, 4.69) is 36.2 Å². The zero-order valence-electron chi connectivity index (χ0n) is 12.0. The van der Waals surface area contributed by atoms with Gasteiger partial charge >= 0.3 is 0 Å². The second-order valence-electron chi connectivity index (χ2n) is 6.44. The Labute approximate surface area is 117 Å². The van der Waals surface area contributed by atoms with E-state index in [1.165, 1.54) is 37.7 Å². The van der Waals surface area contributed by atoms with Gasteiger partial charge in [0, 0.05) is 12.6 Å². The minimum atomic E-state index is 0.579. The van der Waals surface area contributed by atoms with Crippen LogP contribution in [0.1, 0.15) is 55.2 Å². The molecule has 2 atom stereocenters. The first kappa shape index (κ1) is 13.1. The van der Waals surface area contributed by atoms with Crippen LogP contribution in [0, 0.1) is 5.92 Å². The highest BCUT2D eigenvalue weighted by Gasteiger charge is 2.30. The molecule has 2 N–H and O–H groups in total. The fourth-order valence-corrected chi connectivity index (χ4v) is 3.95. The Balaban J connectivity index is 1.79. The summed E-state index contributed by atoms with van der Waals surface area (Å²) in [6.07, 6.45) is 6.81. The molecule has 2 fully saturated rings. The van der Waals surface area contributed by atoms with E-state index >= 15 is 0 Å². The third-order valence-corrected chi connectivity index (χ3v) is 5.09. The Kier molecular flexibility index (Phi) is 3.90. The van der Waals surface area contributed by atoms with Gasteiger partial charge in [0.1, 0.15) is 0 Å². The molecule has 2 nitrogen and oxygen atoms in total. The van der Waals surface area contributed by atoms with Crippen LogP contribution in [0.3, 0.4) is 0 Å². The van der Waals surface area contributed by atoms with Gasteiger partial charge in [-0.2, -0.15) is 0 Å². The topological polar surface area (TPSA) is 29.3 Å². The van der Waals surface area contributed by atoms with E-state index < -0.39 is 0 Å². The molecule has 0 radical (unpaired) electrons. The highest BCUT2D eigenvalue weighted by Crippen LogP contribution is 2.38. The van der Waals surface area contributed by atoms with Gasteiger partial charge in [-0.1, -0.05) is 37.1 Å². The van der Waals surface area contributed by atoms with Crippen molar-refractivity contribution in [3.8, 4) is 0 Å². The first-order chi connectivity index (χ1) is 9.28. The maximum Gasteiger partial charge on any atom is 0.0348 e. The minimum Gasteiger partial charge on any atom is -0.330 e. The highest BCUT2D eigenvalue weighted by atomic mass is 15.2. The Morgan fingerprint density at radius 2 is 1.95 bits per heavy atom. The summed E-state index contributed by atoms with van der Waals surface area (Å²) in [5.74, 6) is 1.49. The maximum atomic E-state index is 5.84. The van der Waals surface area contributed by atoms with E-state index in [4.69, 9.17) is 5.73 Å². The van der Waals surface area contributed by atoms with Crippen molar-refractivity contribution >= 4 is 0 Å². The Morgan fingerprint density at radius 1 is 1.21 bits per heavy atom. The molecular formula is C17H26N2. The molecule has 2 aliphatic rings. The van der Waals surface area contributed by atoms with Crippen molar-refractivity contribution in [1.29, 1.82) is 0 Å². The summed E-state index contributed by atoms with van der Waals surface area (Å²) in [4.78, 5) is 2.48. The van der Waals surface area contributed by atoms with Gasteiger partial charge < -0.3 is 5.73 Å². The third-order valence-electron chi connectivity index (χ3n) is 5.09. The molecule has 0 bridgehead atoms. The zero-order chi connectivity index (χ0) is 13.2. The molecule has 1 aromatic rings. The van der Waals surface area contributed by atoms with E-state index in [9.17, 15) is 0 Å². The molecular weight excluding hydrogens is 232 g/mol. The van der Waals surface area contributed by atoms with Crippen LogP contribution >= 0.6 is 0 Å². The van der Waals surface area contributed by atoms with Crippen LogP contribution in [0.25, 0.3) is 0 Å². The van der Waals surface area contributed by atoms with Crippen molar-refractivity contribution in [2.24, 2.45) is 11.7 Å². The minimum absolute atomic E-state index is 0.579. The fraction of sp³-hybridized carbons (Fsp3) is 0.647. The van der Waals surface area contributed by atoms with Crippen LogP contribution < -0.4 is 5.73 Å². The van der Waals surface area contributed by atoms with Gasteiger partial charge in [0.05, 0.1) is 0 Å². The maximum absolute atomic E-state index is 5.84. The van der Waals surface area contributed by atoms with Crippen molar-refractivity contribution in [3.63, 3.8) is 0 Å². The van der Waals surface area contributed by atoms with Gasteiger partial charge in [-0.25, -0.2) is 0 Å². The molecule has 19 heavy (non-hydrogen) atoms. The largest absolute Gasteiger partial charge is 0.330 e. The lowest BCUT2D eigenvalue weighted by atomic mass is 9.92. The van der Waals surface area contributed by atoms with Gasteiger partial charge in [0.2, 0.25) is 0 Å². The molecule has 1 aliphatic carbocycles. The smallest absolute Gasteiger partial charge is 0.0348 e. The summed E-state index contributed by atoms with van der Waals surface area (Å²) >= 11 is 0. The lowest BCUT2D eigenvalue weighted by molar-refractivity contribution is 0.313. The molecule has 1 aromatic carbocycles. The van der Waals surface area contributed by atoms with Crippen LogP contribution in [0.15, 0.2) is 24.3 Å². The van der Waals surface area contributed by atoms with Gasteiger partial charge in [0.25, 0.3) is 0 Å². The molecule has 104 valence electrons. The van der Waals surface area contributed by atoms with Gasteiger partial charge in [-0.3, -0.25) is 4.90 Å². The summed E-state index contributed by atoms with van der Waals surface area (Å²) in [7, 11) is 2.24. The van der Waals surface area contributed by atoms with E-state index in [-0.39, 0.29) is 0 Å². The van der Waals surface area contributed by atoms with Gasteiger partial charge in [-0.05, 0) is 55.8 Å². The number of hydrogen-bond acceptors (Lipinski definition) is 2. The van der Waals surface area contributed by atoms with E-state index in [0.717, 1.165) is 19.0 Å². The molecule has 0 amide bonds. The fourth-order valence-electron chi connectivity index (χ4n) is 3.95. The molecule has 1 saturated heterocycles. The number of hydrogen-bond donors (Lipinski definition) is 1. The molecule has 2 unspecified atom stereocenters. The van der Waals surface area contributed by atoms with Crippen molar-refractivity contribution in [3.05, 3.63) is 35.4 Å². The van der Waals surface area contributed by atoms with Crippen LogP contribution in [0.4, 0.5) is 0 Å². The molecule has 0 spiro atoms. The second-order valence-corrected chi connectivity index (χ2v) is 6.44. The average molecular weight is 258 g/mol. The average Bonchev–Trinajstić information content (AvgIpc) is 3.08. The second kappa shape index (κ2) is 5.64. The van der Waals surface area contributed by atoms with E-state index in [1.54, 1.807) is 5.56 Å². The third kappa shape index (κ3) is 2.70. The molecule has 0 aromatic heterocycles. The van der Waals surface area contributed by atoms with Crippen molar-refractivity contribution in [2.75, 3.05) is 20.1 Å². The Bertz CT molecular complexity index is 423. The highest BCUT2D eigenvalue weighted by molar-refractivity contribution is 5.29. The van der Waals surface area contributed by atoms with Crippen LogP contribution in [0.2, 0.25) is 0 Å². The SMILES string of the molecule is CN1CC(CN)CC1c1cccc(C2CCCC2)c1. The number of rotatable bonds is 3. The number of likely N-dealkylation sites (tertiary alicyclic amines) is 1. The summed E-state index contributed by atoms with van der Waals surface area (Å²) in [5.41, 5.74) is 8.91. The lowest BCUT2D eigenvalue weighted by Gasteiger charge is -2.21. The molecule has 1 aliphatic heterocycles. The monoisotopic (exact) mass is 258 g/mol. The van der Waals surface area contributed by atoms with Crippen LogP contribution in [-0.4, -0.2) is 25.0 Å². The van der Waals surface area contributed by atoms with Crippen LogP contribution in [0.5, 0.6) is 0 Å². The number of nitrogens with two attached hydrogens (primary N) is 1. The zero-order valence-corrected chi connectivity index (χ0v) is 12.0. The Morgan fingerprint density at radius 3 is 2.63 bits per heavy atom. The van der Waals surface area contributed by atoms with Crippen molar-refractivity contribution in [2.45, 2.75) is 44.1 Å². The molecule has 1 saturated carbocycles. The lowest BCUT2D eigenvalue weighted by Crippen LogP contribution is -2.20. The molecule has 3 rings (SSSR count). The van der Waals surface area contributed by atoms with Crippen LogP contribution in [-0.2, 0) is 0 Å². The standard InChI is InChI=1S/C17H26N2/c1-19-12-13(11-18)9-17(19)16-8-4-7-15(10-16)14-5-2-3-6-14/h4,7-8,10,13-14,17H,2-3,5-6,9,11-12,18H2,1H3. The van der Waals surface area contributed by atoms with Gasteiger partial charge in [-0.15, -0.1) is 0 Å². The first-order valence-corrected chi connectivity index (χ1v) is 7.78. The molecule has 1 heterocycles.